The lowest BCUT2D eigenvalue weighted by molar-refractivity contribution is 0.538. The summed E-state index contributed by atoms with van der Waals surface area (Å²) in [4.78, 5) is 0. The van der Waals surface area contributed by atoms with Crippen LogP contribution in [-0.4, -0.2) is 6.04 Å². The molecular formula is C22H29N. The molecule has 2 unspecified atom stereocenters. The Hall–Kier alpha value is -1.60. The van der Waals surface area contributed by atoms with Crippen LogP contribution in [0.3, 0.4) is 0 Å². The van der Waals surface area contributed by atoms with Gasteiger partial charge in [0.25, 0.3) is 0 Å². The maximum absolute atomic E-state index is 6.55. The summed E-state index contributed by atoms with van der Waals surface area (Å²) in [7, 11) is 0. The van der Waals surface area contributed by atoms with Gasteiger partial charge in [0.1, 0.15) is 0 Å². The number of hydrogen-bond acceptors (Lipinski definition) is 1. The van der Waals surface area contributed by atoms with Gasteiger partial charge in [-0.15, -0.1) is 6.58 Å². The average molecular weight is 307 g/mol. The molecule has 2 atom stereocenters. The molecule has 0 radical (unpaired) electrons. The molecule has 122 valence electrons. The van der Waals surface area contributed by atoms with Gasteiger partial charge in [0.2, 0.25) is 0 Å². The molecule has 3 aliphatic carbocycles. The molecule has 0 amide bonds. The minimum absolute atomic E-state index is 0.148. The smallest absolute Gasteiger partial charge is 0.0297 e. The minimum atomic E-state index is 0.148. The van der Waals surface area contributed by atoms with Crippen molar-refractivity contribution in [1.29, 1.82) is 0 Å². The Labute approximate surface area is 141 Å². The summed E-state index contributed by atoms with van der Waals surface area (Å²) in [6, 6.07) is 0.148. The molecule has 0 aliphatic heterocycles. The van der Waals surface area contributed by atoms with Crippen LogP contribution >= 0.6 is 0 Å². The number of fused-ring (bicyclic) bond motifs is 2. The van der Waals surface area contributed by atoms with Gasteiger partial charge in [-0.1, -0.05) is 52.7 Å². The predicted molar refractivity (Wildman–Crippen MR) is 100 cm³/mol. The summed E-state index contributed by atoms with van der Waals surface area (Å²) >= 11 is 0. The standard InChI is InChI=1S/C22H29N/c1-4-7-18-12-16-10-11-19(15(2)3)21(13-16)20(18)14-22(23)17-8-5-6-9-17/h4-6,8,12,21-22H,1,7,9-11,13-14,23H2,2-3H3. The summed E-state index contributed by atoms with van der Waals surface area (Å²) in [6.07, 6.45) is 17.7. The monoisotopic (exact) mass is 307 g/mol. The topological polar surface area (TPSA) is 26.0 Å². The van der Waals surface area contributed by atoms with Gasteiger partial charge in [0, 0.05) is 12.0 Å². The summed E-state index contributed by atoms with van der Waals surface area (Å²) in [5.41, 5.74) is 15.8. The zero-order valence-corrected chi connectivity index (χ0v) is 14.6. The van der Waals surface area contributed by atoms with Crippen LogP contribution in [0, 0.1) is 5.92 Å². The Morgan fingerprint density at radius 1 is 1.39 bits per heavy atom. The Morgan fingerprint density at radius 3 is 2.87 bits per heavy atom. The SMILES string of the molecule is C=CCC1=C(CC(N)C2=CC=CC2)C2CC(=C1)CCC2=C(C)C. The molecule has 0 heterocycles. The highest BCUT2D eigenvalue weighted by Crippen LogP contribution is 2.46. The average Bonchev–Trinajstić information content (AvgIpc) is 3.05. The largest absolute Gasteiger partial charge is 0.324 e. The first-order valence-electron chi connectivity index (χ1n) is 8.89. The van der Waals surface area contributed by atoms with E-state index in [1.807, 2.05) is 6.08 Å². The first-order chi connectivity index (χ1) is 11.1. The number of allylic oxidation sites excluding steroid dienone is 9. The van der Waals surface area contributed by atoms with Crippen molar-refractivity contribution in [2.75, 3.05) is 0 Å². The Bertz CT molecular complexity index is 647. The second-order valence-electron chi connectivity index (χ2n) is 7.31. The quantitative estimate of drug-likeness (QED) is 0.663. The van der Waals surface area contributed by atoms with E-state index in [9.17, 15) is 0 Å². The molecule has 3 rings (SSSR count). The van der Waals surface area contributed by atoms with Gasteiger partial charge in [-0.05, 0) is 63.5 Å². The molecule has 1 saturated carbocycles. The number of nitrogens with two attached hydrogens (primary N) is 1. The van der Waals surface area contributed by atoms with Gasteiger partial charge in [0.05, 0.1) is 0 Å². The Balaban J connectivity index is 1.94. The first-order valence-corrected chi connectivity index (χ1v) is 8.89. The molecule has 0 saturated heterocycles. The van der Waals surface area contributed by atoms with Crippen molar-refractivity contribution in [3.8, 4) is 0 Å². The summed E-state index contributed by atoms with van der Waals surface area (Å²) in [5.74, 6) is 0.588. The second kappa shape index (κ2) is 6.88. The molecule has 1 heteroatoms. The van der Waals surface area contributed by atoms with Gasteiger partial charge in [-0.25, -0.2) is 0 Å². The van der Waals surface area contributed by atoms with Gasteiger partial charge in [0.15, 0.2) is 0 Å². The molecule has 0 aromatic carbocycles. The number of rotatable bonds is 5. The highest BCUT2D eigenvalue weighted by molar-refractivity contribution is 5.45. The molecule has 2 bridgehead atoms. The van der Waals surface area contributed by atoms with E-state index < -0.39 is 0 Å². The van der Waals surface area contributed by atoms with E-state index in [0.717, 1.165) is 19.3 Å². The molecule has 1 nitrogen and oxygen atoms in total. The third-order valence-corrected chi connectivity index (χ3v) is 5.54. The predicted octanol–water partition coefficient (Wildman–Crippen LogP) is 5.54. The highest BCUT2D eigenvalue weighted by Gasteiger charge is 2.31. The van der Waals surface area contributed by atoms with Crippen LogP contribution in [0.4, 0.5) is 0 Å². The van der Waals surface area contributed by atoms with Crippen molar-refractivity contribution in [3.63, 3.8) is 0 Å². The second-order valence-corrected chi connectivity index (χ2v) is 7.31. The Morgan fingerprint density at radius 2 is 2.22 bits per heavy atom. The van der Waals surface area contributed by atoms with Crippen LogP contribution in [0.5, 0.6) is 0 Å². The normalized spacial score (nSPS) is 24.5. The van der Waals surface area contributed by atoms with E-state index in [1.54, 1.807) is 16.7 Å². The fourth-order valence-corrected chi connectivity index (χ4v) is 4.31. The summed E-state index contributed by atoms with van der Waals surface area (Å²) in [6.45, 7) is 8.51. The van der Waals surface area contributed by atoms with Gasteiger partial charge in [-0.3, -0.25) is 0 Å². The van der Waals surface area contributed by atoms with Crippen LogP contribution < -0.4 is 5.73 Å². The zero-order chi connectivity index (χ0) is 16.4. The molecule has 3 aliphatic rings. The van der Waals surface area contributed by atoms with Crippen LogP contribution in [0.25, 0.3) is 0 Å². The Kier molecular flexibility index (Phi) is 4.87. The molecule has 0 aromatic rings. The van der Waals surface area contributed by atoms with E-state index in [-0.39, 0.29) is 6.04 Å². The van der Waals surface area contributed by atoms with E-state index in [1.165, 1.54) is 36.0 Å². The molecule has 1 fully saturated rings. The third kappa shape index (κ3) is 3.35. The van der Waals surface area contributed by atoms with Crippen LogP contribution in [-0.2, 0) is 0 Å². The highest BCUT2D eigenvalue weighted by atomic mass is 14.6. The van der Waals surface area contributed by atoms with Crippen molar-refractivity contribution in [1.82, 2.24) is 0 Å². The summed E-state index contributed by atoms with van der Waals surface area (Å²) in [5, 5.41) is 0. The minimum Gasteiger partial charge on any atom is -0.324 e. The van der Waals surface area contributed by atoms with Crippen LogP contribution in [0.1, 0.15) is 52.4 Å². The van der Waals surface area contributed by atoms with E-state index in [2.05, 4.69) is 44.7 Å². The number of hydrogen-bond donors (Lipinski definition) is 1. The zero-order valence-electron chi connectivity index (χ0n) is 14.6. The van der Waals surface area contributed by atoms with Gasteiger partial charge in [-0.2, -0.15) is 0 Å². The molecule has 23 heavy (non-hydrogen) atoms. The van der Waals surface area contributed by atoms with Gasteiger partial charge >= 0.3 is 0 Å². The van der Waals surface area contributed by atoms with E-state index in [0.29, 0.717) is 5.92 Å². The maximum Gasteiger partial charge on any atom is 0.0297 e. The van der Waals surface area contributed by atoms with E-state index >= 15 is 0 Å². The third-order valence-electron chi connectivity index (χ3n) is 5.54. The maximum atomic E-state index is 6.55. The van der Waals surface area contributed by atoms with Gasteiger partial charge < -0.3 is 5.73 Å². The fourth-order valence-electron chi connectivity index (χ4n) is 4.31. The summed E-state index contributed by atoms with van der Waals surface area (Å²) < 4.78 is 0. The molecule has 0 spiro atoms. The lowest BCUT2D eigenvalue weighted by Crippen LogP contribution is -2.28. The van der Waals surface area contributed by atoms with E-state index in [4.69, 9.17) is 5.73 Å². The van der Waals surface area contributed by atoms with Crippen molar-refractivity contribution in [2.24, 2.45) is 11.7 Å². The molecule has 2 N–H and O–H groups in total. The van der Waals surface area contributed by atoms with Crippen LogP contribution in [0.15, 0.2) is 70.4 Å². The lowest BCUT2D eigenvalue weighted by Gasteiger charge is -2.37. The van der Waals surface area contributed by atoms with Crippen molar-refractivity contribution in [3.05, 3.63) is 70.4 Å². The molecule has 0 aromatic heterocycles. The van der Waals surface area contributed by atoms with Crippen molar-refractivity contribution in [2.45, 2.75) is 58.4 Å². The van der Waals surface area contributed by atoms with Crippen LogP contribution in [0.2, 0.25) is 0 Å². The lowest BCUT2D eigenvalue weighted by atomic mass is 9.68. The molecular weight excluding hydrogens is 278 g/mol. The fraction of sp³-hybridized carbons (Fsp3) is 0.455. The van der Waals surface area contributed by atoms with Crippen molar-refractivity contribution >= 4 is 0 Å². The van der Waals surface area contributed by atoms with Crippen molar-refractivity contribution < 1.29 is 0 Å². The first kappa shape index (κ1) is 16.3.